The molecule has 3 rings (SSSR count). The van der Waals surface area contributed by atoms with E-state index in [9.17, 15) is 9.59 Å². The van der Waals surface area contributed by atoms with E-state index >= 15 is 0 Å². The molecule has 1 aromatic heterocycles. The summed E-state index contributed by atoms with van der Waals surface area (Å²) >= 11 is 0. The van der Waals surface area contributed by atoms with Crippen molar-refractivity contribution in [3.63, 3.8) is 0 Å². The van der Waals surface area contributed by atoms with E-state index in [1.165, 1.54) is 5.56 Å². The molecule has 1 aliphatic rings. The van der Waals surface area contributed by atoms with Gasteiger partial charge in [-0.2, -0.15) is 5.10 Å². The van der Waals surface area contributed by atoms with Crippen molar-refractivity contribution < 1.29 is 9.59 Å². The predicted octanol–water partition coefficient (Wildman–Crippen LogP) is 1.87. The smallest absolute Gasteiger partial charge is 0.269 e. The third-order valence-electron chi connectivity index (χ3n) is 4.45. The second-order valence-electron chi connectivity index (χ2n) is 6.39. The van der Waals surface area contributed by atoms with Gasteiger partial charge in [-0.05, 0) is 24.5 Å². The first-order valence-electron chi connectivity index (χ1n) is 8.81. The van der Waals surface area contributed by atoms with Gasteiger partial charge >= 0.3 is 0 Å². The van der Waals surface area contributed by atoms with Crippen LogP contribution in [0, 0.1) is 0 Å². The molecule has 132 valence electrons. The molecular weight excluding hydrogens is 316 g/mol. The molecule has 6 heteroatoms. The number of hydrogen-bond donors (Lipinski definition) is 1. The average Bonchev–Trinajstić information content (AvgIpc) is 3.21. The summed E-state index contributed by atoms with van der Waals surface area (Å²) in [5.74, 6) is -0.0584. The molecule has 2 amide bonds. The van der Waals surface area contributed by atoms with Crippen LogP contribution in [0.25, 0.3) is 0 Å². The molecule has 1 fully saturated rings. The van der Waals surface area contributed by atoms with Crippen LogP contribution in [0.2, 0.25) is 0 Å². The standard InChI is InChI=1S/C19H24N4O2/c1-2-11-23-17(8-10-20-23)19(25)21-16-13-18(24)22(14-16)12-9-15-6-4-3-5-7-15/h3-8,10,16H,2,9,11-14H2,1H3,(H,21,25)/t16-/m0/s1. The molecule has 0 unspecified atom stereocenters. The van der Waals surface area contributed by atoms with Crippen molar-refractivity contribution in [2.24, 2.45) is 0 Å². The van der Waals surface area contributed by atoms with Crippen LogP contribution < -0.4 is 5.32 Å². The van der Waals surface area contributed by atoms with Crippen LogP contribution in [0.3, 0.4) is 0 Å². The Labute approximate surface area is 147 Å². The number of carbonyl (C=O) groups excluding carboxylic acids is 2. The molecule has 1 atom stereocenters. The summed E-state index contributed by atoms with van der Waals surface area (Å²) in [4.78, 5) is 26.5. The second kappa shape index (κ2) is 7.96. The van der Waals surface area contributed by atoms with Gasteiger partial charge in [0.15, 0.2) is 0 Å². The second-order valence-corrected chi connectivity index (χ2v) is 6.39. The summed E-state index contributed by atoms with van der Waals surface area (Å²) in [6, 6.07) is 11.7. The molecule has 2 heterocycles. The number of rotatable bonds is 7. The molecule has 0 aliphatic carbocycles. The molecule has 0 radical (unpaired) electrons. The zero-order chi connectivity index (χ0) is 17.6. The van der Waals surface area contributed by atoms with Crippen molar-refractivity contribution >= 4 is 11.8 Å². The highest BCUT2D eigenvalue weighted by Crippen LogP contribution is 2.13. The Kier molecular flexibility index (Phi) is 5.48. The van der Waals surface area contributed by atoms with Crippen molar-refractivity contribution in [1.82, 2.24) is 20.0 Å². The van der Waals surface area contributed by atoms with Gasteiger partial charge in [0.05, 0.1) is 6.04 Å². The summed E-state index contributed by atoms with van der Waals surface area (Å²) in [5.41, 5.74) is 1.77. The van der Waals surface area contributed by atoms with Crippen LogP contribution in [-0.2, 0) is 17.8 Å². The molecule has 6 nitrogen and oxygen atoms in total. The van der Waals surface area contributed by atoms with Crippen LogP contribution in [-0.4, -0.2) is 45.6 Å². The highest BCUT2D eigenvalue weighted by Gasteiger charge is 2.30. The molecule has 0 spiro atoms. The monoisotopic (exact) mass is 340 g/mol. The molecule has 1 aliphatic heterocycles. The fraction of sp³-hybridized carbons (Fsp3) is 0.421. The zero-order valence-corrected chi connectivity index (χ0v) is 14.5. The van der Waals surface area contributed by atoms with Gasteiger partial charge in [0, 0.05) is 32.3 Å². The molecule has 2 aromatic rings. The largest absolute Gasteiger partial charge is 0.346 e. The lowest BCUT2D eigenvalue weighted by Crippen LogP contribution is -2.38. The van der Waals surface area contributed by atoms with Gasteiger partial charge in [-0.15, -0.1) is 0 Å². The quantitative estimate of drug-likeness (QED) is 0.837. The van der Waals surface area contributed by atoms with E-state index in [1.54, 1.807) is 16.9 Å². The zero-order valence-electron chi connectivity index (χ0n) is 14.5. The summed E-state index contributed by atoms with van der Waals surface area (Å²) in [6.07, 6.45) is 3.74. The van der Waals surface area contributed by atoms with Gasteiger partial charge in [0.1, 0.15) is 5.69 Å². The first kappa shape index (κ1) is 17.2. The number of amides is 2. The number of nitrogens with one attached hydrogen (secondary N) is 1. The Bertz CT molecular complexity index is 726. The number of aryl methyl sites for hydroxylation is 1. The highest BCUT2D eigenvalue weighted by atomic mass is 16.2. The minimum absolute atomic E-state index is 0.100. The maximum Gasteiger partial charge on any atom is 0.269 e. The van der Waals surface area contributed by atoms with Gasteiger partial charge in [0.2, 0.25) is 5.91 Å². The van der Waals surface area contributed by atoms with Gasteiger partial charge in [0.25, 0.3) is 5.91 Å². The number of aromatic nitrogens is 2. The van der Waals surface area contributed by atoms with Crippen LogP contribution in [0.4, 0.5) is 0 Å². The minimum atomic E-state index is -0.159. The lowest BCUT2D eigenvalue weighted by molar-refractivity contribution is -0.127. The third kappa shape index (κ3) is 4.26. The Balaban J connectivity index is 1.53. The van der Waals surface area contributed by atoms with Crippen LogP contribution in [0.5, 0.6) is 0 Å². The van der Waals surface area contributed by atoms with Crippen LogP contribution in [0.15, 0.2) is 42.6 Å². The Morgan fingerprint density at radius 3 is 2.80 bits per heavy atom. The van der Waals surface area contributed by atoms with E-state index in [-0.39, 0.29) is 17.9 Å². The summed E-state index contributed by atoms with van der Waals surface area (Å²) < 4.78 is 1.71. The van der Waals surface area contributed by atoms with E-state index in [1.807, 2.05) is 30.0 Å². The van der Waals surface area contributed by atoms with Gasteiger partial charge in [-0.1, -0.05) is 37.3 Å². The number of benzene rings is 1. The van der Waals surface area contributed by atoms with Crippen molar-refractivity contribution in [1.29, 1.82) is 0 Å². The van der Waals surface area contributed by atoms with Crippen molar-refractivity contribution in [3.05, 3.63) is 53.9 Å². The lowest BCUT2D eigenvalue weighted by atomic mass is 10.1. The van der Waals surface area contributed by atoms with Crippen molar-refractivity contribution in [2.45, 2.75) is 38.8 Å². The fourth-order valence-electron chi connectivity index (χ4n) is 3.17. The average molecular weight is 340 g/mol. The molecule has 0 bridgehead atoms. The first-order chi connectivity index (χ1) is 12.2. The van der Waals surface area contributed by atoms with E-state index in [0.717, 1.165) is 12.8 Å². The summed E-state index contributed by atoms with van der Waals surface area (Å²) in [7, 11) is 0. The Morgan fingerprint density at radius 2 is 2.04 bits per heavy atom. The molecule has 25 heavy (non-hydrogen) atoms. The molecular formula is C19H24N4O2. The molecule has 0 saturated carbocycles. The van der Waals surface area contributed by atoms with Gasteiger partial charge < -0.3 is 10.2 Å². The van der Waals surface area contributed by atoms with E-state index in [4.69, 9.17) is 0 Å². The van der Waals surface area contributed by atoms with Crippen molar-refractivity contribution in [3.8, 4) is 0 Å². The number of carbonyl (C=O) groups is 2. The van der Waals surface area contributed by atoms with Crippen LogP contribution in [0.1, 0.15) is 35.8 Å². The highest BCUT2D eigenvalue weighted by molar-refractivity contribution is 5.93. The van der Waals surface area contributed by atoms with E-state index in [2.05, 4.69) is 22.5 Å². The number of nitrogens with zero attached hydrogens (tertiary/aromatic N) is 3. The summed E-state index contributed by atoms with van der Waals surface area (Å²) in [6.45, 7) is 4.01. The fourth-order valence-corrected chi connectivity index (χ4v) is 3.17. The maximum atomic E-state index is 12.4. The van der Waals surface area contributed by atoms with Gasteiger partial charge in [-0.25, -0.2) is 0 Å². The van der Waals surface area contributed by atoms with E-state index in [0.29, 0.717) is 31.7 Å². The molecule has 1 aromatic carbocycles. The normalized spacial score (nSPS) is 17.1. The first-order valence-corrected chi connectivity index (χ1v) is 8.81. The summed E-state index contributed by atoms with van der Waals surface area (Å²) in [5, 5.41) is 7.15. The van der Waals surface area contributed by atoms with E-state index < -0.39 is 0 Å². The number of hydrogen-bond acceptors (Lipinski definition) is 3. The minimum Gasteiger partial charge on any atom is -0.346 e. The SMILES string of the molecule is CCCn1nccc1C(=O)N[C@H]1CC(=O)N(CCc2ccccc2)C1. The third-order valence-corrected chi connectivity index (χ3v) is 4.45. The number of likely N-dealkylation sites (tertiary alicyclic amines) is 1. The van der Waals surface area contributed by atoms with Crippen LogP contribution >= 0.6 is 0 Å². The topological polar surface area (TPSA) is 67.2 Å². The Hall–Kier alpha value is -2.63. The van der Waals surface area contributed by atoms with Gasteiger partial charge in [-0.3, -0.25) is 14.3 Å². The lowest BCUT2D eigenvalue weighted by Gasteiger charge is -2.17. The molecule has 1 N–H and O–H groups in total. The predicted molar refractivity (Wildman–Crippen MR) is 95.1 cm³/mol. The maximum absolute atomic E-state index is 12.4. The molecule has 1 saturated heterocycles. The van der Waals surface area contributed by atoms with Crippen molar-refractivity contribution in [2.75, 3.05) is 13.1 Å². The Morgan fingerprint density at radius 1 is 1.24 bits per heavy atom.